The maximum atomic E-state index is 14.5. The summed E-state index contributed by atoms with van der Waals surface area (Å²) in [5.74, 6) is 0.180. The Bertz CT molecular complexity index is 828. The molecule has 0 saturated heterocycles. The lowest BCUT2D eigenvalue weighted by molar-refractivity contribution is 0.218. The van der Waals surface area contributed by atoms with Gasteiger partial charge in [-0.05, 0) is 43.0 Å². The molecule has 2 rings (SSSR count). The number of aryl methyl sites for hydroxylation is 1. The van der Waals surface area contributed by atoms with Crippen LogP contribution in [0, 0.1) is 5.82 Å². The largest absolute Gasteiger partial charge is 0.490 e. The molecule has 1 unspecified atom stereocenters. The van der Waals surface area contributed by atoms with E-state index < -0.39 is 12.0 Å². The predicted molar refractivity (Wildman–Crippen MR) is 151 cm³/mol. The molecule has 1 aromatic heterocycles. The number of rotatable bonds is 22. The highest BCUT2D eigenvalue weighted by Gasteiger charge is 2.11. The first kappa shape index (κ1) is 31.2. The zero-order valence-corrected chi connectivity index (χ0v) is 23.5. The van der Waals surface area contributed by atoms with Crippen LogP contribution in [0.25, 0.3) is 11.4 Å². The van der Waals surface area contributed by atoms with E-state index in [2.05, 4.69) is 23.8 Å². The highest BCUT2D eigenvalue weighted by atomic mass is 19.1. The number of unbranched alkanes of at least 4 members (excludes halogenated alkanes) is 13. The second-order valence-electron chi connectivity index (χ2n) is 10.4. The van der Waals surface area contributed by atoms with Gasteiger partial charge >= 0.3 is 0 Å². The van der Waals surface area contributed by atoms with Gasteiger partial charge in [0.25, 0.3) is 0 Å². The normalized spacial score (nSPS) is 12.1. The second kappa shape index (κ2) is 20.0. The summed E-state index contributed by atoms with van der Waals surface area (Å²) < 4.78 is 33.9. The smallest absolute Gasteiger partial charge is 0.165 e. The van der Waals surface area contributed by atoms with Crippen LogP contribution >= 0.6 is 0 Å². The van der Waals surface area contributed by atoms with Gasteiger partial charge in [-0.1, -0.05) is 104 Å². The first-order chi connectivity index (χ1) is 18.1. The lowest BCUT2D eigenvalue weighted by Gasteiger charge is -2.11. The fourth-order valence-corrected chi connectivity index (χ4v) is 4.62. The molecule has 0 aliphatic heterocycles. The molecule has 2 aromatic rings. The first-order valence-electron chi connectivity index (χ1n) is 15.0. The summed E-state index contributed by atoms with van der Waals surface area (Å²) in [6.45, 7) is 4.54. The van der Waals surface area contributed by atoms with Crippen molar-refractivity contribution in [2.45, 2.75) is 136 Å². The molecular formula is C32H50F2N2O. The fraction of sp³-hybridized carbons (Fsp3) is 0.688. The fourth-order valence-electron chi connectivity index (χ4n) is 4.62. The van der Waals surface area contributed by atoms with Crippen LogP contribution in [0.3, 0.4) is 0 Å². The Morgan fingerprint density at radius 2 is 1.30 bits per heavy atom. The molecule has 5 heteroatoms. The van der Waals surface area contributed by atoms with E-state index in [0.717, 1.165) is 37.7 Å². The zero-order chi connectivity index (χ0) is 26.6. The van der Waals surface area contributed by atoms with Crippen molar-refractivity contribution >= 4 is 0 Å². The number of aromatic nitrogens is 2. The topological polar surface area (TPSA) is 35.0 Å². The van der Waals surface area contributed by atoms with Crippen molar-refractivity contribution in [1.82, 2.24) is 9.97 Å². The Balaban J connectivity index is 1.62. The van der Waals surface area contributed by atoms with Gasteiger partial charge in [-0.15, -0.1) is 0 Å². The third kappa shape index (κ3) is 13.9. The molecule has 3 nitrogen and oxygen atoms in total. The molecule has 0 radical (unpaired) electrons. The van der Waals surface area contributed by atoms with E-state index in [1.54, 1.807) is 12.1 Å². The van der Waals surface area contributed by atoms with Crippen molar-refractivity contribution in [3.8, 4) is 17.1 Å². The van der Waals surface area contributed by atoms with Crippen molar-refractivity contribution in [3.63, 3.8) is 0 Å². The van der Waals surface area contributed by atoms with E-state index in [-0.39, 0.29) is 18.8 Å². The van der Waals surface area contributed by atoms with Crippen LogP contribution in [-0.2, 0) is 6.42 Å². The van der Waals surface area contributed by atoms with Gasteiger partial charge in [-0.25, -0.2) is 18.7 Å². The minimum Gasteiger partial charge on any atom is -0.490 e. The van der Waals surface area contributed by atoms with Gasteiger partial charge < -0.3 is 4.74 Å². The molecule has 208 valence electrons. The van der Waals surface area contributed by atoms with Gasteiger partial charge in [-0.3, -0.25) is 0 Å². The highest BCUT2D eigenvalue weighted by Crippen LogP contribution is 2.24. The van der Waals surface area contributed by atoms with Crippen LogP contribution in [-0.4, -0.2) is 22.7 Å². The number of ether oxygens (including phenoxy) is 1. The minimum absolute atomic E-state index is 0.146. The number of alkyl halides is 1. The van der Waals surface area contributed by atoms with E-state index in [1.165, 1.54) is 76.7 Å². The van der Waals surface area contributed by atoms with Gasteiger partial charge in [0.05, 0.1) is 6.61 Å². The van der Waals surface area contributed by atoms with E-state index in [0.29, 0.717) is 17.8 Å². The third-order valence-corrected chi connectivity index (χ3v) is 7.02. The van der Waals surface area contributed by atoms with E-state index >= 15 is 0 Å². The molecule has 0 spiro atoms. The van der Waals surface area contributed by atoms with Gasteiger partial charge in [0.15, 0.2) is 17.4 Å². The standard InChI is InChI=1S/C32H50F2N2O/c1-3-5-7-8-9-10-11-12-13-14-15-17-18-27-25-35-32(36-26-27)28-20-21-31(30(34)24-28)37-23-22-29(33)19-16-6-4-2/h20-21,24-26,29H,3-19,22-23H2,1-2H3. The third-order valence-electron chi connectivity index (χ3n) is 7.02. The molecule has 1 atom stereocenters. The van der Waals surface area contributed by atoms with Crippen LogP contribution in [0.4, 0.5) is 8.78 Å². The number of halogens is 2. The second-order valence-corrected chi connectivity index (χ2v) is 10.4. The lowest BCUT2D eigenvalue weighted by Crippen LogP contribution is -2.08. The molecule has 0 saturated carbocycles. The van der Waals surface area contributed by atoms with Crippen LogP contribution in [0.5, 0.6) is 5.75 Å². The number of hydrogen-bond donors (Lipinski definition) is 0. The maximum absolute atomic E-state index is 14.5. The van der Waals surface area contributed by atoms with Crippen molar-refractivity contribution in [2.24, 2.45) is 0 Å². The molecule has 0 bridgehead atoms. The summed E-state index contributed by atoms with van der Waals surface area (Å²) in [5, 5.41) is 0. The molecular weight excluding hydrogens is 466 g/mol. The van der Waals surface area contributed by atoms with Crippen molar-refractivity contribution in [2.75, 3.05) is 6.61 Å². The maximum Gasteiger partial charge on any atom is 0.165 e. The average Bonchev–Trinajstić information content (AvgIpc) is 2.91. The molecule has 0 aliphatic rings. The zero-order valence-electron chi connectivity index (χ0n) is 23.5. The quantitative estimate of drug-likeness (QED) is 0.146. The van der Waals surface area contributed by atoms with Gasteiger partial charge in [0.1, 0.15) is 6.17 Å². The van der Waals surface area contributed by atoms with Gasteiger partial charge in [-0.2, -0.15) is 0 Å². The molecule has 0 aliphatic carbocycles. The van der Waals surface area contributed by atoms with Crippen LogP contribution in [0.1, 0.15) is 129 Å². The van der Waals surface area contributed by atoms with Crippen LogP contribution in [0.15, 0.2) is 30.6 Å². The Labute approximate surface area is 224 Å². The Hall–Kier alpha value is -2.04. The summed E-state index contributed by atoms with van der Waals surface area (Å²) >= 11 is 0. The van der Waals surface area contributed by atoms with Crippen LogP contribution in [0.2, 0.25) is 0 Å². The molecule has 0 fully saturated rings. The van der Waals surface area contributed by atoms with Crippen molar-refractivity contribution in [3.05, 3.63) is 42.0 Å². The van der Waals surface area contributed by atoms with E-state index in [9.17, 15) is 8.78 Å². The average molecular weight is 517 g/mol. The summed E-state index contributed by atoms with van der Waals surface area (Å²) in [5.41, 5.74) is 1.74. The Morgan fingerprint density at radius 1 is 0.730 bits per heavy atom. The predicted octanol–water partition coefficient (Wildman–Crippen LogP) is 10.2. The lowest BCUT2D eigenvalue weighted by atomic mass is 10.0. The summed E-state index contributed by atoms with van der Waals surface area (Å²) in [4.78, 5) is 8.90. The van der Waals surface area contributed by atoms with E-state index in [4.69, 9.17) is 4.74 Å². The van der Waals surface area contributed by atoms with Crippen LogP contribution < -0.4 is 4.74 Å². The van der Waals surface area contributed by atoms with Crippen molar-refractivity contribution < 1.29 is 13.5 Å². The summed E-state index contributed by atoms with van der Waals surface area (Å²) in [7, 11) is 0. The monoisotopic (exact) mass is 516 g/mol. The Kier molecular flexibility index (Phi) is 16.8. The number of benzene rings is 1. The first-order valence-corrected chi connectivity index (χ1v) is 15.0. The Morgan fingerprint density at radius 3 is 1.89 bits per heavy atom. The highest BCUT2D eigenvalue weighted by molar-refractivity contribution is 5.56. The van der Waals surface area contributed by atoms with Gasteiger partial charge in [0.2, 0.25) is 0 Å². The van der Waals surface area contributed by atoms with E-state index in [1.807, 2.05) is 12.4 Å². The SMILES string of the molecule is CCCCCCCCCCCCCCc1cnc(-c2ccc(OCCC(F)CCCCC)c(F)c2)nc1. The van der Waals surface area contributed by atoms with Gasteiger partial charge in [0, 0.05) is 24.4 Å². The number of hydrogen-bond acceptors (Lipinski definition) is 3. The molecule has 1 heterocycles. The number of nitrogens with zero attached hydrogens (tertiary/aromatic N) is 2. The van der Waals surface area contributed by atoms with Crippen molar-refractivity contribution in [1.29, 1.82) is 0 Å². The summed E-state index contributed by atoms with van der Waals surface area (Å²) in [6.07, 6.45) is 23.7. The minimum atomic E-state index is -0.893. The molecule has 37 heavy (non-hydrogen) atoms. The molecule has 1 aromatic carbocycles. The summed E-state index contributed by atoms with van der Waals surface area (Å²) in [6, 6.07) is 4.73. The molecule has 0 N–H and O–H groups in total. The molecule has 0 amide bonds.